The molecular weight excluding hydrogens is 421 g/mol. The summed E-state index contributed by atoms with van der Waals surface area (Å²) in [4.78, 5) is 2.49. The van der Waals surface area contributed by atoms with Gasteiger partial charge in [0, 0.05) is 29.5 Å². The van der Waals surface area contributed by atoms with Crippen molar-refractivity contribution >= 4 is 19.6 Å². The average molecular weight is 462 g/mol. The molecule has 0 aliphatic carbocycles. The molecule has 0 saturated heterocycles. The van der Waals surface area contributed by atoms with Gasteiger partial charge >= 0.3 is 0 Å². The Hall–Kier alpha value is -2.31. The van der Waals surface area contributed by atoms with Gasteiger partial charge in [-0.2, -0.15) is 0 Å². The number of aryl methyl sites for hydroxylation is 3. The van der Waals surface area contributed by atoms with Crippen LogP contribution in [0.25, 0.3) is 0 Å². The molecule has 2 atom stereocenters. The number of benzene rings is 3. The van der Waals surface area contributed by atoms with E-state index in [0.29, 0.717) is 15.2 Å². The second-order valence-corrected chi connectivity index (χ2v) is 11.0. The average Bonchev–Trinajstić information content (AvgIpc) is 2.81. The first-order chi connectivity index (χ1) is 15.8. The summed E-state index contributed by atoms with van der Waals surface area (Å²) in [5, 5.41) is 1.48. The van der Waals surface area contributed by atoms with Crippen molar-refractivity contribution in [3.63, 3.8) is 0 Å². The molecule has 2 unspecified atom stereocenters. The molecule has 0 heterocycles. The lowest BCUT2D eigenvalue weighted by Gasteiger charge is -2.35. The SMILES string of the molecule is CCN(CC)c1cccc(C)c1PC(C)(CC)c1cc(C)cc(C)c1OCc1ccccc1. The molecule has 3 aromatic carbocycles. The molecule has 0 aliphatic rings. The van der Waals surface area contributed by atoms with E-state index in [1.54, 1.807) is 0 Å². The van der Waals surface area contributed by atoms with E-state index in [2.05, 4.69) is 114 Å². The quantitative estimate of drug-likeness (QED) is 0.287. The first-order valence-corrected chi connectivity index (χ1v) is 13.2. The molecule has 0 N–H and O–H groups in total. The van der Waals surface area contributed by atoms with Crippen molar-refractivity contribution in [2.45, 2.75) is 66.6 Å². The molecule has 3 rings (SSSR count). The van der Waals surface area contributed by atoms with Crippen LogP contribution in [-0.4, -0.2) is 13.1 Å². The van der Waals surface area contributed by atoms with Gasteiger partial charge in [-0.05, 0) is 69.1 Å². The van der Waals surface area contributed by atoms with Gasteiger partial charge in [-0.25, -0.2) is 0 Å². The Morgan fingerprint density at radius 2 is 1.55 bits per heavy atom. The molecular formula is C30H40NOP. The van der Waals surface area contributed by atoms with Gasteiger partial charge in [-0.15, -0.1) is 0 Å². The van der Waals surface area contributed by atoms with Gasteiger partial charge in [0.05, 0.1) is 0 Å². The highest BCUT2D eigenvalue weighted by Crippen LogP contribution is 2.50. The predicted octanol–water partition coefficient (Wildman–Crippen LogP) is 7.67. The Morgan fingerprint density at radius 3 is 2.18 bits per heavy atom. The van der Waals surface area contributed by atoms with Gasteiger partial charge in [0.25, 0.3) is 0 Å². The van der Waals surface area contributed by atoms with E-state index in [4.69, 9.17) is 4.74 Å². The van der Waals surface area contributed by atoms with Crippen molar-refractivity contribution in [3.8, 4) is 5.75 Å². The minimum Gasteiger partial charge on any atom is -0.488 e. The Kier molecular flexibility index (Phi) is 8.60. The van der Waals surface area contributed by atoms with Crippen molar-refractivity contribution in [2.24, 2.45) is 0 Å². The Labute approximate surface area is 203 Å². The lowest BCUT2D eigenvalue weighted by molar-refractivity contribution is 0.297. The summed E-state index contributed by atoms with van der Waals surface area (Å²) in [6.45, 7) is 18.5. The van der Waals surface area contributed by atoms with Crippen LogP contribution < -0.4 is 14.9 Å². The van der Waals surface area contributed by atoms with E-state index in [-0.39, 0.29) is 5.16 Å². The zero-order valence-electron chi connectivity index (χ0n) is 21.5. The maximum absolute atomic E-state index is 6.54. The summed E-state index contributed by atoms with van der Waals surface area (Å²) < 4.78 is 6.54. The first-order valence-electron chi connectivity index (χ1n) is 12.2. The van der Waals surface area contributed by atoms with Crippen LogP contribution in [0.3, 0.4) is 0 Å². The number of nitrogens with zero attached hydrogens (tertiary/aromatic N) is 1. The summed E-state index contributed by atoms with van der Waals surface area (Å²) in [6.07, 6.45) is 1.06. The molecule has 0 spiro atoms. The van der Waals surface area contributed by atoms with Gasteiger partial charge in [0.15, 0.2) is 0 Å². The van der Waals surface area contributed by atoms with Crippen LogP contribution in [0.1, 0.15) is 61.9 Å². The normalized spacial score (nSPS) is 13.3. The number of hydrogen-bond acceptors (Lipinski definition) is 2. The maximum atomic E-state index is 6.54. The zero-order chi connectivity index (χ0) is 24.0. The van der Waals surface area contributed by atoms with E-state index < -0.39 is 0 Å². The molecule has 0 aliphatic heterocycles. The van der Waals surface area contributed by atoms with Crippen molar-refractivity contribution in [2.75, 3.05) is 18.0 Å². The molecule has 0 amide bonds. The number of ether oxygens (including phenoxy) is 1. The summed E-state index contributed by atoms with van der Waals surface area (Å²) in [5.74, 6) is 1.05. The third-order valence-electron chi connectivity index (χ3n) is 6.70. The minimum atomic E-state index is -0.00316. The molecule has 0 aromatic heterocycles. The van der Waals surface area contributed by atoms with E-state index >= 15 is 0 Å². The molecule has 0 saturated carbocycles. The zero-order valence-corrected chi connectivity index (χ0v) is 22.5. The topological polar surface area (TPSA) is 12.5 Å². The fourth-order valence-corrected chi connectivity index (χ4v) is 6.25. The van der Waals surface area contributed by atoms with Crippen LogP contribution in [0.15, 0.2) is 60.7 Å². The third-order valence-corrected chi connectivity index (χ3v) is 8.78. The lowest BCUT2D eigenvalue weighted by Crippen LogP contribution is -2.29. The molecule has 0 fully saturated rings. The predicted molar refractivity (Wildman–Crippen MR) is 147 cm³/mol. The molecule has 0 bridgehead atoms. The summed E-state index contributed by atoms with van der Waals surface area (Å²) >= 11 is 0. The van der Waals surface area contributed by atoms with Crippen molar-refractivity contribution in [1.29, 1.82) is 0 Å². The molecule has 33 heavy (non-hydrogen) atoms. The summed E-state index contributed by atoms with van der Waals surface area (Å²) in [7, 11) is 0.661. The molecule has 3 heteroatoms. The highest BCUT2D eigenvalue weighted by atomic mass is 31.1. The van der Waals surface area contributed by atoms with E-state index in [9.17, 15) is 0 Å². The van der Waals surface area contributed by atoms with Crippen LogP contribution in [0.4, 0.5) is 5.69 Å². The third kappa shape index (κ3) is 5.79. The van der Waals surface area contributed by atoms with E-state index in [1.807, 2.05) is 0 Å². The number of rotatable bonds is 10. The highest BCUT2D eigenvalue weighted by molar-refractivity contribution is 7.49. The Bertz CT molecular complexity index is 1060. The fraction of sp³-hybridized carbons (Fsp3) is 0.400. The van der Waals surface area contributed by atoms with Gasteiger partial charge in [-0.3, -0.25) is 0 Å². The maximum Gasteiger partial charge on any atom is 0.126 e. The van der Waals surface area contributed by atoms with Gasteiger partial charge < -0.3 is 9.64 Å². The van der Waals surface area contributed by atoms with Gasteiger partial charge in [-0.1, -0.05) is 82.6 Å². The molecule has 0 radical (unpaired) electrons. The van der Waals surface area contributed by atoms with Crippen LogP contribution in [0, 0.1) is 20.8 Å². The lowest BCUT2D eigenvalue weighted by atomic mass is 9.92. The number of anilines is 1. The van der Waals surface area contributed by atoms with Gasteiger partial charge in [0.2, 0.25) is 0 Å². The monoisotopic (exact) mass is 461 g/mol. The molecule has 2 nitrogen and oxygen atoms in total. The van der Waals surface area contributed by atoms with Crippen LogP contribution in [0.5, 0.6) is 5.75 Å². The minimum absolute atomic E-state index is 0.00316. The second-order valence-electron chi connectivity index (χ2n) is 9.18. The van der Waals surface area contributed by atoms with Crippen molar-refractivity contribution in [1.82, 2.24) is 0 Å². The van der Waals surface area contributed by atoms with E-state index in [0.717, 1.165) is 25.3 Å². The first kappa shape index (κ1) is 25.3. The Balaban J connectivity index is 2.05. The molecule has 176 valence electrons. The van der Waals surface area contributed by atoms with Crippen LogP contribution in [0.2, 0.25) is 0 Å². The van der Waals surface area contributed by atoms with E-state index in [1.165, 1.54) is 38.8 Å². The van der Waals surface area contributed by atoms with Gasteiger partial charge in [0.1, 0.15) is 12.4 Å². The highest BCUT2D eigenvalue weighted by Gasteiger charge is 2.31. The summed E-state index contributed by atoms with van der Waals surface area (Å²) in [6, 6.07) is 21.8. The summed E-state index contributed by atoms with van der Waals surface area (Å²) in [5.41, 5.74) is 7.83. The molecule has 3 aromatic rings. The Morgan fingerprint density at radius 1 is 0.848 bits per heavy atom. The van der Waals surface area contributed by atoms with Crippen LogP contribution in [-0.2, 0) is 11.8 Å². The van der Waals surface area contributed by atoms with Crippen molar-refractivity contribution in [3.05, 3.63) is 88.5 Å². The largest absolute Gasteiger partial charge is 0.488 e. The number of hydrogen-bond donors (Lipinski definition) is 0. The van der Waals surface area contributed by atoms with Crippen molar-refractivity contribution < 1.29 is 4.74 Å². The van der Waals surface area contributed by atoms with Crippen LogP contribution >= 0.6 is 8.58 Å². The smallest absolute Gasteiger partial charge is 0.126 e. The fourth-order valence-electron chi connectivity index (χ4n) is 4.55. The standard InChI is InChI=1S/C30H40NOP/c1-8-30(7,33-29-23(5)15-14-18-27(29)31(9-2)10-3)26-20-22(4)19-24(6)28(26)32-21-25-16-12-11-13-17-25/h11-20,33H,8-10,21H2,1-7H3. The second kappa shape index (κ2) is 11.2.